The molecule has 0 radical (unpaired) electrons. The van der Waals surface area contributed by atoms with Crippen LogP contribution in [-0.4, -0.2) is 36.5 Å². The average molecular weight is 210 g/mol. The van der Waals surface area contributed by atoms with Gasteiger partial charge in [0, 0.05) is 19.1 Å². The first-order chi connectivity index (χ1) is 7.22. The van der Waals surface area contributed by atoms with Crippen molar-refractivity contribution in [3.8, 4) is 0 Å². The van der Waals surface area contributed by atoms with E-state index in [-0.39, 0.29) is 5.92 Å². The molecule has 3 atom stereocenters. The topological polar surface area (TPSA) is 32.3 Å². The molecule has 86 valence electrons. The molecule has 2 aliphatic heterocycles. The van der Waals surface area contributed by atoms with Gasteiger partial charge in [0.25, 0.3) is 0 Å². The number of carbonyl (C=O) groups excluding carboxylic acids is 1. The first-order valence-electron chi connectivity index (χ1n) is 6.24. The third-order valence-corrected chi connectivity index (χ3v) is 3.86. The van der Waals surface area contributed by atoms with Crippen molar-refractivity contribution < 1.29 is 4.79 Å². The molecule has 2 rings (SSSR count). The molecule has 1 N–H and O–H groups in total. The number of likely N-dealkylation sites (tertiary alicyclic amines) is 1. The molecule has 0 aromatic carbocycles. The van der Waals surface area contributed by atoms with Crippen LogP contribution in [0.1, 0.15) is 33.1 Å². The Morgan fingerprint density at radius 1 is 1.60 bits per heavy atom. The zero-order chi connectivity index (χ0) is 10.8. The third kappa shape index (κ3) is 2.17. The Labute approximate surface area is 92.2 Å². The predicted octanol–water partition coefficient (Wildman–Crippen LogP) is 1.24. The standard InChI is InChI=1S/C12H22N2O/c1-3-9(2)7-14-8-11-10(12(14)15)5-4-6-13-11/h9-11,13H,3-8H2,1-2H3. The number of amides is 1. The van der Waals surface area contributed by atoms with Crippen LogP contribution in [0, 0.1) is 11.8 Å². The first kappa shape index (κ1) is 10.9. The summed E-state index contributed by atoms with van der Waals surface area (Å²) in [7, 11) is 0. The zero-order valence-corrected chi connectivity index (χ0v) is 9.83. The summed E-state index contributed by atoms with van der Waals surface area (Å²) in [5, 5.41) is 3.47. The van der Waals surface area contributed by atoms with E-state index in [4.69, 9.17) is 0 Å². The molecule has 3 heteroatoms. The van der Waals surface area contributed by atoms with Gasteiger partial charge in [-0.1, -0.05) is 20.3 Å². The van der Waals surface area contributed by atoms with Gasteiger partial charge in [-0.05, 0) is 25.3 Å². The molecule has 0 aliphatic carbocycles. The molecule has 0 aromatic heterocycles. The monoisotopic (exact) mass is 210 g/mol. The van der Waals surface area contributed by atoms with E-state index in [1.165, 1.54) is 0 Å². The number of piperidine rings is 1. The van der Waals surface area contributed by atoms with Gasteiger partial charge in [-0.25, -0.2) is 0 Å². The van der Waals surface area contributed by atoms with E-state index in [1.54, 1.807) is 0 Å². The summed E-state index contributed by atoms with van der Waals surface area (Å²) >= 11 is 0. The molecular formula is C12H22N2O. The molecule has 0 saturated carbocycles. The smallest absolute Gasteiger partial charge is 0.227 e. The van der Waals surface area contributed by atoms with Crippen LogP contribution in [-0.2, 0) is 4.79 Å². The normalized spacial score (nSPS) is 32.9. The summed E-state index contributed by atoms with van der Waals surface area (Å²) < 4.78 is 0. The van der Waals surface area contributed by atoms with Gasteiger partial charge < -0.3 is 10.2 Å². The molecule has 0 spiro atoms. The SMILES string of the molecule is CCC(C)CN1CC2NCCCC2C1=O. The highest BCUT2D eigenvalue weighted by atomic mass is 16.2. The highest BCUT2D eigenvalue weighted by Gasteiger charge is 2.41. The lowest BCUT2D eigenvalue weighted by Gasteiger charge is -2.23. The van der Waals surface area contributed by atoms with Gasteiger partial charge >= 0.3 is 0 Å². The molecule has 3 nitrogen and oxygen atoms in total. The van der Waals surface area contributed by atoms with Gasteiger partial charge in [-0.2, -0.15) is 0 Å². The van der Waals surface area contributed by atoms with E-state index >= 15 is 0 Å². The van der Waals surface area contributed by atoms with Gasteiger partial charge in [0.2, 0.25) is 5.91 Å². The van der Waals surface area contributed by atoms with Crippen molar-refractivity contribution in [2.45, 2.75) is 39.2 Å². The number of fused-ring (bicyclic) bond motifs is 1. The molecular weight excluding hydrogens is 188 g/mol. The lowest BCUT2D eigenvalue weighted by Crippen LogP contribution is -2.41. The second-order valence-corrected chi connectivity index (χ2v) is 5.07. The van der Waals surface area contributed by atoms with Crippen molar-refractivity contribution in [3.05, 3.63) is 0 Å². The molecule has 1 amide bonds. The number of nitrogens with one attached hydrogen (secondary N) is 1. The van der Waals surface area contributed by atoms with Crippen molar-refractivity contribution >= 4 is 5.91 Å². The molecule has 2 aliphatic rings. The maximum atomic E-state index is 12.1. The molecule has 15 heavy (non-hydrogen) atoms. The van der Waals surface area contributed by atoms with Crippen LogP contribution in [0.15, 0.2) is 0 Å². The summed E-state index contributed by atoms with van der Waals surface area (Å²) in [5.41, 5.74) is 0. The van der Waals surface area contributed by atoms with Crippen molar-refractivity contribution in [2.75, 3.05) is 19.6 Å². The highest BCUT2D eigenvalue weighted by Crippen LogP contribution is 2.27. The van der Waals surface area contributed by atoms with E-state index in [9.17, 15) is 4.79 Å². The summed E-state index contributed by atoms with van der Waals surface area (Å²) in [6.45, 7) is 7.39. The Morgan fingerprint density at radius 3 is 3.07 bits per heavy atom. The van der Waals surface area contributed by atoms with E-state index < -0.39 is 0 Å². The van der Waals surface area contributed by atoms with E-state index in [1.807, 2.05) is 0 Å². The second-order valence-electron chi connectivity index (χ2n) is 5.07. The number of carbonyl (C=O) groups is 1. The van der Waals surface area contributed by atoms with Crippen molar-refractivity contribution in [1.82, 2.24) is 10.2 Å². The summed E-state index contributed by atoms with van der Waals surface area (Å²) in [6, 6.07) is 0.440. The number of rotatable bonds is 3. The average Bonchev–Trinajstić information content (AvgIpc) is 2.57. The van der Waals surface area contributed by atoms with Gasteiger partial charge in [-0.15, -0.1) is 0 Å². The summed E-state index contributed by atoms with van der Waals surface area (Å²) in [4.78, 5) is 14.1. The van der Waals surface area contributed by atoms with E-state index in [2.05, 4.69) is 24.1 Å². The third-order valence-electron chi connectivity index (χ3n) is 3.86. The molecule has 2 saturated heterocycles. The minimum Gasteiger partial charge on any atom is -0.341 e. The largest absolute Gasteiger partial charge is 0.341 e. The van der Waals surface area contributed by atoms with E-state index in [0.29, 0.717) is 17.9 Å². The van der Waals surface area contributed by atoms with Gasteiger partial charge in [-0.3, -0.25) is 4.79 Å². The Hall–Kier alpha value is -0.570. The van der Waals surface area contributed by atoms with Crippen LogP contribution in [0.4, 0.5) is 0 Å². The van der Waals surface area contributed by atoms with Crippen LogP contribution >= 0.6 is 0 Å². The second kappa shape index (κ2) is 4.52. The number of hydrogen-bond acceptors (Lipinski definition) is 2. The van der Waals surface area contributed by atoms with Gasteiger partial charge in [0.05, 0.1) is 5.92 Å². The fraction of sp³-hybridized carbons (Fsp3) is 0.917. The molecule has 0 bridgehead atoms. The lowest BCUT2D eigenvalue weighted by atomic mass is 9.94. The number of hydrogen-bond donors (Lipinski definition) is 1. The van der Waals surface area contributed by atoms with E-state index in [0.717, 1.165) is 38.9 Å². The van der Waals surface area contributed by atoms with Crippen molar-refractivity contribution in [2.24, 2.45) is 11.8 Å². The maximum absolute atomic E-state index is 12.1. The summed E-state index contributed by atoms with van der Waals surface area (Å²) in [6.07, 6.45) is 3.41. The molecule has 2 fully saturated rings. The van der Waals surface area contributed by atoms with Gasteiger partial charge in [0.15, 0.2) is 0 Å². The first-order valence-corrected chi connectivity index (χ1v) is 6.24. The molecule has 0 aromatic rings. The zero-order valence-electron chi connectivity index (χ0n) is 9.83. The Bertz CT molecular complexity index is 242. The minimum absolute atomic E-state index is 0.280. The Morgan fingerprint density at radius 2 is 2.40 bits per heavy atom. The predicted molar refractivity (Wildman–Crippen MR) is 60.5 cm³/mol. The molecule has 3 unspecified atom stereocenters. The van der Waals surface area contributed by atoms with Crippen LogP contribution in [0.2, 0.25) is 0 Å². The maximum Gasteiger partial charge on any atom is 0.227 e. The minimum atomic E-state index is 0.280. The quantitative estimate of drug-likeness (QED) is 0.760. The Kier molecular flexibility index (Phi) is 3.29. The fourth-order valence-corrected chi connectivity index (χ4v) is 2.67. The fourth-order valence-electron chi connectivity index (χ4n) is 2.67. The van der Waals surface area contributed by atoms with Gasteiger partial charge in [0.1, 0.15) is 0 Å². The van der Waals surface area contributed by atoms with Crippen molar-refractivity contribution in [3.63, 3.8) is 0 Å². The van der Waals surface area contributed by atoms with Crippen LogP contribution in [0.3, 0.4) is 0 Å². The Balaban J connectivity index is 1.95. The van der Waals surface area contributed by atoms with Crippen molar-refractivity contribution in [1.29, 1.82) is 0 Å². The number of nitrogens with zero attached hydrogens (tertiary/aromatic N) is 1. The highest BCUT2D eigenvalue weighted by molar-refractivity contribution is 5.82. The van der Waals surface area contributed by atoms with Crippen LogP contribution in [0.25, 0.3) is 0 Å². The van der Waals surface area contributed by atoms with Crippen LogP contribution in [0.5, 0.6) is 0 Å². The molecule has 2 heterocycles. The summed E-state index contributed by atoms with van der Waals surface area (Å²) in [5.74, 6) is 1.31. The lowest BCUT2D eigenvalue weighted by molar-refractivity contribution is -0.131. The van der Waals surface area contributed by atoms with Crippen LogP contribution < -0.4 is 5.32 Å².